The Bertz CT molecular complexity index is 974. The highest BCUT2D eigenvalue weighted by Gasteiger charge is 2.26. The van der Waals surface area contributed by atoms with Gasteiger partial charge in [0.05, 0.1) is 27.4 Å². The highest BCUT2D eigenvalue weighted by molar-refractivity contribution is 6.35. The molecule has 2 aromatic rings. The summed E-state index contributed by atoms with van der Waals surface area (Å²) in [5.41, 5.74) is 0.434. The minimum atomic E-state index is -1.44. The van der Waals surface area contributed by atoms with Crippen molar-refractivity contribution in [3.8, 4) is 23.0 Å². The normalized spacial score (nSPS) is 11.7. The molecule has 10 heteroatoms. The van der Waals surface area contributed by atoms with Crippen molar-refractivity contribution in [2.75, 3.05) is 32.8 Å². The Hall–Kier alpha value is -3.33. The average Bonchev–Trinajstić information content (AvgIpc) is 2.78. The summed E-state index contributed by atoms with van der Waals surface area (Å²) in [6, 6.07) is 6.86. The summed E-state index contributed by atoms with van der Waals surface area (Å²) in [5, 5.41) is 10.8. The number of carbonyl (C=O) groups is 2. The molecule has 0 aliphatic carbocycles. The predicted octanol–water partition coefficient (Wildman–Crippen LogP) is 4.83. The van der Waals surface area contributed by atoms with Gasteiger partial charge in [-0.05, 0) is 45.0 Å². The van der Waals surface area contributed by atoms with Gasteiger partial charge in [0.15, 0.2) is 11.5 Å². The van der Waals surface area contributed by atoms with Crippen LogP contribution in [0.25, 0.3) is 0 Å². The largest absolute Gasteiger partial charge is 0.494 e. The molecule has 1 N–H and O–H groups in total. The number of ether oxygens (including phenoxy) is 4. The van der Waals surface area contributed by atoms with Crippen LogP contribution in [0.3, 0.4) is 0 Å². The molecular weight excluding hydrogens is 438 g/mol. The first-order chi connectivity index (χ1) is 15.4. The molecule has 9 nitrogen and oxygen atoms in total. The van der Waals surface area contributed by atoms with E-state index in [2.05, 4.69) is 15.5 Å². The number of ketones is 1. The molecule has 1 atom stereocenters. The van der Waals surface area contributed by atoms with Crippen LogP contribution < -0.4 is 24.3 Å². The fourth-order valence-corrected chi connectivity index (χ4v) is 3.01. The number of carbonyl (C=O) groups excluding carboxylic acids is 2. The summed E-state index contributed by atoms with van der Waals surface area (Å²) in [5.74, 6) is 0.207. The van der Waals surface area contributed by atoms with E-state index >= 15 is 0 Å². The van der Waals surface area contributed by atoms with Crippen LogP contribution in [0.2, 0.25) is 5.02 Å². The van der Waals surface area contributed by atoms with Gasteiger partial charge in [0.1, 0.15) is 33.7 Å². The summed E-state index contributed by atoms with van der Waals surface area (Å²) in [6.45, 7) is 5.57. The second-order valence-corrected chi connectivity index (χ2v) is 6.72. The van der Waals surface area contributed by atoms with Gasteiger partial charge >= 0.3 is 0 Å². The summed E-state index contributed by atoms with van der Waals surface area (Å²) < 4.78 is 21.6. The van der Waals surface area contributed by atoms with E-state index in [1.807, 2.05) is 6.92 Å². The standard InChI is InChI=1S/C22H26ClN3O6/c1-6-31-14-11-12-17(32-7-2)21(18(14)23)24-22(28)19(13(3)27)25-26-20-15(29-4)9-8-10-16(20)30-5/h8-12,19H,6-7H2,1-5H3,(H,24,28). The van der Waals surface area contributed by atoms with Gasteiger partial charge < -0.3 is 24.3 Å². The van der Waals surface area contributed by atoms with Crippen molar-refractivity contribution in [1.82, 2.24) is 0 Å². The number of anilines is 1. The molecule has 2 aromatic carbocycles. The molecule has 0 fully saturated rings. The SMILES string of the molecule is CCOc1ccc(OCC)c(NC(=O)C(N=Nc2c(OC)cccc2OC)C(C)=O)c1Cl. The predicted molar refractivity (Wildman–Crippen MR) is 121 cm³/mol. The maximum absolute atomic E-state index is 13.0. The van der Waals surface area contributed by atoms with Crippen LogP contribution in [0.1, 0.15) is 20.8 Å². The monoisotopic (exact) mass is 463 g/mol. The fourth-order valence-electron chi connectivity index (χ4n) is 2.75. The summed E-state index contributed by atoms with van der Waals surface area (Å²) in [7, 11) is 2.93. The van der Waals surface area contributed by atoms with Crippen LogP contribution in [0.5, 0.6) is 23.0 Å². The number of nitrogens with zero attached hydrogens (tertiary/aromatic N) is 2. The van der Waals surface area contributed by atoms with Crippen LogP contribution >= 0.6 is 11.6 Å². The third-order valence-corrected chi connectivity index (χ3v) is 4.60. The Morgan fingerprint density at radius 3 is 2.06 bits per heavy atom. The van der Waals surface area contributed by atoms with Gasteiger partial charge in [0.25, 0.3) is 5.91 Å². The Morgan fingerprint density at radius 1 is 0.969 bits per heavy atom. The lowest BCUT2D eigenvalue weighted by molar-refractivity contribution is -0.126. The molecular formula is C22H26ClN3O6. The maximum atomic E-state index is 13.0. The molecule has 1 unspecified atom stereocenters. The lowest BCUT2D eigenvalue weighted by Crippen LogP contribution is -2.32. The van der Waals surface area contributed by atoms with Crippen molar-refractivity contribution >= 4 is 34.7 Å². The first kappa shape index (κ1) is 24.9. The summed E-state index contributed by atoms with van der Waals surface area (Å²) >= 11 is 6.42. The van der Waals surface area contributed by atoms with Crippen LogP contribution in [0.4, 0.5) is 11.4 Å². The minimum absolute atomic E-state index is 0.150. The smallest absolute Gasteiger partial charge is 0.258 e. The first-order valence-electron chi connectivity index (χ1n) is 9.89. The Balaban J connectivity index is 2.40. The molecule has 0 heterocycles. The van der Waals surface area contributed by atoms with Gasteiger partial charge in [-0.3, -0.25) is 9.59 Å². The van der Waals surface area contributed by atoms with E-state index < -0.39 is 17.7 Å². The van der Waals surface area contributed by atoms with Crippen molar-refractivity contribution in [2.45, 2.75) is 26.8 Å². The second kappa shape index (κ2) is 11.9. The highest BCUT2D eigenvalue weighted by atomic mass is 35.5. The molecule has 172 valence electrons. The zero-order valence-corrected chi connectivity index (χ0v) is 19.4. The van der Waals surface area contributed by atoms with E-state index in [4.69, 9.17) is 30.5 Å². The summed E-state index contributed by atoms with van der Waals surface area (Å²) in [4.78, 5) is 25.2. The second-order valence-electron chi connectivity index (χ2n) is 6.35. The molecule has 0 aliphatic rings. The van der Waals surface area contributed by atoms with Crippen LogP contribution in [0.15, 0.2) is 40.6 Å². The number of halogens is 1. The lowest BCUT2D eigenvalue weighted by atomic mass is 10.2. The van der Waals surface area contributed by atoms with Gasteiger partial charge in [-0.25, -0.2) is 0 Å². The van der Waals surface area contributed by atoms with E-state index in [9.17, 15) is 9.59 Å². The van der Waals surface area contributed by atoms with E-state index in [0.29, 0.717) is 36.2 Å². The quantitative estimate of drug-likeness (QED) is 0.377. The molecule has 0 aliphatic heterocycles. The number of amides is 1. The molecule has 0 spiro atoms. The van der Waals surface area contributed by atoms with E-state index in [1.54, 1.807) is 37.3 Å². The molecule has 1 amide bonds. The van der Waals surface area contributed by atoms with Crippen LogP contribution in [-0.2, 0) is 9.59 Å². The average molecular weight is 464 g/mol. The van der Waals surface area contributed by atoms with Crippen molar-refractivity contribution in [1.29, 1.82) is 0 Å². The van der Waals surface area contributed by atoms with E-state index in [-0.39, 0.29) is 16.4 Å². The minimum Gasteiger partial charge on any atom is -0.494 e. The van der Waals surface area contributed by atoms with Gasteiger partial charge in [-0.2, -0.15) is 5.11 Å². The number of hydrogen-bond acceptors (Lipinski definition) is 8. The summed E-state index contributed by atoms with van der Waals surface area (Å²) in [6.07, 6.45) is 0. The third-order valence-electron chi connectivity index (χ3n) is 4.22. The zero-order chi connectivity index (χ0) is 23.7. The third kappa shape index (κ3) is 5.88. The van der Waals surface area contributed by atoms with Gasteiger partial charge in [0.2, 0.25) is 6.04 Å². The van der Waals surface area contributed by atoms with Gasteiger partial charge in [-0.1, -0.05) is 17.7 Å². The number of rotatable bonds is 11. The van der Waals surface area contributed by atoms with Crippen molar-refractivity contribution in [3.05, 3.63) is 35.4 Å². The van der Waals surface area contributed by atoms with E-state index in [0.717, 1.165) is 0 Å². The molecule has 0 saturated heterocycles. The molecule has 0 bridgehead atoms. The molecule has 0 radical (unpaired) electrons. The molecule has 2 rings (SSSR count). The van der Waals surface area contributed by atoms with Crippen LogP contribution in [-0.4, -0.2) is 45.2 Å². The van der Waals surface area contributed by atoms with Gasteiger partial charge in [0, 0.05) is 0 Å². The maximum Gasteiger partial charge on any atom is 0.258 e. The molecule has 0 saturated carbocycles. The molecule has 32 heavy (non-hydrogen) atoms. The van der Waals surface area contributed by atoms with Crippen molar-refractivity contribution in [2.24, 2.45) is 10.2 Å². The Kier molecular flexibility index (Phi) is 9.27. The number of azo groups is 1. The van der Waals surface area contributed by atoms with Crippen molar-refractivity contribution < 1.29 is 28.5 Å². The Morgan fingerprint density at radius 2 is 1.53 bits per heavy atom. The molecule has 0 aromatic heterocycles. The number of methoxy groups -OCH3 is 2. The lowest BCUT2D eigenvalue weighted by Gasteiger charge is -2.17. The number of nitrogens with one attached hydrogen (secondary N) is 1. The zero-order valence-electron chi connectivity index (χ0n) is 18.6. The number of benzene rings is 2. The number of Topliss-reactive ketones (excluding diaryl/α,β-unsaturated/α-hetero) is 1. The first-order valence-corrected chi connectivity index (χ1v) is 10.3. The number of hydrogen-bond donors (Lipinski definition) is 1. The van der Waals surface area contributed by atoms with Crippen molar-refractivity contribution in [3.63, 3.8) is 0 Å². The topological polar surface area (TPSA) is 108 Å². The van der Waals surface area contributed by atoms with Crippen LogP contribution in [0, 0.1) is 0 Å². The van der Waals surface area contributed by atoms with Gasteiger partial charge in [-0.15, -0.1) is 5.11 Å². The van der Waals surface area contributed by atoms with E-state index in [1.165, 1.54) is 21.1 Å². The fraction of sp³-hybridized carbons (Fsp3) is 0.364. The highest BCUT2D eigenvalue weighted by Crippen LogP contribution is 2.40. The Labute approximate surface area is 191 Å².